The summed E-state index contributed by atoms with van der Waals surface area (Å²) >= 11 is 0. The molecule has 0 aromatic carbocycles. The lowest BCUT2D eigenvalue weighted by Gasteiger charge is -2.30. The molecule has 1 aromatic heterocycles. The molecule has 2 heterocycles. The van der Waals surface area contributed by atoms with Gasteiger partial charge in [0.2, 0.25) is 5.82 Å². The van der Waals surface area contributed by atoms with Gasteiger partial charge in [0, 0.05) is 6.54 Å². The molecule has 0 atom stereocenters. The Hall–Kier alpha value is -1.43. The third-order valence-electron chi connectivity index (χ3n) is 3.44. The average molecular weight is 251 g/mol. The number of H-pyrrole nitrogens is 1. The lowest BCUT2D eigenvalue weighted by atomic mass is 9.99. The van der Waals surface area contributed by atoms with Crippen molar-refractivity contribution < 1.29 is 4.79 Å². The molecule has 1 aliphatic heterocycles. The summed E-state index contributed by atoms with van der Waals surface area (Å²) < 4.78 is 0. The molecule has 2 rings (SSSR count). The highest BCUT2D eigenvalue weighted by atomic mass is 16.2. The number of piperidine rings is 1. The Morgan fingerprint density at radius 1 is 1.56 bits per heavy atom. The summed E-state index contributed by atoms with van der Waals surface area (Å²) in [6.07, 6.45) is 4.91. The first-order valence-corrected chi connectivity index (χ1v) is 6.61. The van der Waals surface area contributed by atoms with Crippen molar-refractivity contribution in [1.29, 1.82) is 0 Å². The Labute approximate surface area is 107 Å². The zero-order chi connectivity index (χ0) is 12.8. The molecule has 0 aliphatic carbocycles. The number of hydrogen-bond acceptors (Lipinski definition) is 4. The van der Waals surface area contributed by atoms with Crippen LogP contribution in [-0.4, -0.2) is 52.2 Å². The normalized spacial score (nSPS) is 17.8. The molecule has 0 radical (unpaired) electrons. The molecular formula is C12H21N5O. The summed E-state index contributed by atoms with van der Waals surface area (Å²) in [7, 11) is 0. The first-order valence-electron chi connectivity index (χ1n) is 6.61. The van der Waals surface area contributed by atoms with Crippen LogP contribution in [0.15, 0.2) is 6.33 Å². The van der Waals surface area contributed by atoms with E-state index >= 15 is 0 Å². The highest BCUT2D eigenvalue weighted by Crippen LogP contribution is 2.15. The third kappa shape index (κ3) is 3.80. The van der Waals surface area contributed by atoms with Gasteiger partial charge in [-0.1, -0.05) is 6.92 Å². The van der Waals surface area contributed by atoms with Crippen LogP contribution in [0.4, 0.5) is 0 Å². The van der Waals surface area contributed by atoms with Gasteiger partial charge in [-0.3, -0.25) is 9.89 Å². The first-order chi connectivity index (χ1) is 8.75. The number of nitrogens with zero attached hydrogens (tertiary/aromatic N) is 3. The van der Waals surface area contributed by atoms with Gasteiger partial charge in [-0.25, -0.2) is 4.98 Å². The van der Waals surface area contributed by atoms with E-state index in [4.69, 9.17) is 0 Å². The van der Waals surface area contributed by atoms with Crippen LogP contribution in [0.5, 0.6) is 0 Å². The van der Waals surface area contributed by atoms with Crippen molar-refractivity contribution in [3.05, 3.63) is 12.2 Å². The van der Waals surface area contributed by atoms with E-state index in [1.165, 1.54) is 32.3 Å². The minimum Gasteiger partial charge on any atom is -0.349 e. The minimum atomic E-state index is -0.181. The van der Waals surface area contributed by atoms with E-state index in [2.05, 4.69) is 32.3 Å². The van der Waals surface area contributed by atoms with Crippen molar-refractivity contribution in [2.45, 2.75) is 26.2 Å². The number of likely N-dealkylation sites (tertiary alicyclic amines) is 1. The van der Waals surface area contributed by atoms with Crippen molar-refractivity contribution >= 4 is 5.91 Å². The second-order valence-corrected chi connectivity index (χ2v) is 4.97. The standard InChI is InChI=1S/C12H21N5O/c1-10-3-7-17(8-4-10)6-2-5-13-12(18)11-14-9-15-16-11/h9-10H,2-8H2,1H3,(H,13,18)(H,14,15,16). The molecule has 1 aliphatic rings. The molecule has 0 spiro atoms. The van der Waals surface area contributed by atoms with Gasteiger partial charge in [0.15, 0.2) is 0 Å². The molecule has 1 amide bonds. The molecular weight excluding hydrogens is 230 g/mol. The first kappa shape index (κ1) is 13.0. The van der Waals surface area contributed by atoms with E-state index in [9.17, 15) is 4.79 Å². The van der Waals surface area contributed by atoms with Gasteiger partial charge >= 0.3 is 0 Å². The number of carbonyl (C=O) groups excluding carboxylic acids is 1. The minimum absolute atomic E-state index is 0.181. The largest absolute Gasteiger partial charge is 0.349 e. The Bertz CT molecular complexity index is 357. The molecule has 6 heteroatoms. The highest BCUT2D eigenvalue weighted by molar-refractivity contribution is 5.90. The van der Waals surface area contributed by atoms with E-state index in [-0.39, 0.29) is 11.7 Å². The summed E-state index contributed by atoms with van der Waals surface area (Å²) in [6.45, 7) is 6.44. The maximum Gasteiger partial charge on any atom is 0.288 e. The van der Waals surface area contributed by atoms with E-state index < -0.39 is 0 Å². The Morgan fingerprint density at radius 3 is 3.00 bits per heavy atom. The van der Waals surface area contributed by atoms with Crippen LogP contribution in [0.3, 0.4) is 0 Å². The number of amides is 1. The summed E-state index contributed by atoms with van der Waals surface area (Å²) in [6, 6.07) is 0. The average Bonchev–Trinajstić information content (AvgIpc) is 2.90. The molecule has 1 fully saturated rings. The second kappa shape index (κ2) is 6.49. The fraction of sp³-hybridized carbons (Fsp3) is 0.750. The van der Waals surface area contributed by atoms with E-state index in [1.54, 1.807) is 0 Å². The van der Waals surface area contributed by atoms with E-state index in [1.807, 2.05) is 0 Å². The van der Waals surface area contributed by atoms with Crippen LogP contribution in [0, 0.1) is 5.92 Å². The van der Waals surface area contributed by atoms with Crippen molar-refractivity contribution in [3.8, 4) is 0 Å². The monoisotopic (exact) mass is 251 g/mol. The maximum atomic E-state index is 11.5. The van der Waals surface area contributed by atoms with Gasteiger partial charge in [-0.2, -0.15) is 5.10 Å². The molecule has 1 saturated heterocycles. The topological polar surface area (TPSA) is 73.9 Å². The molecule has 0 bridgehead atoms. The van der Waals surface area contributed by atoms with Crippen molar-refractivity contribution in [2.24, 2.45) is 5.92 Å². The van der Waals surface area contributed by atoms with E-state index in [0.29, 0.717) is 6.54 Å². The zero-order valence-corrected chi connectivity index (χ0v) is 10.9. The molecule has 2 N–H and O–H groups in total. The fourth-order valence-electron chi connectivity index (χ4n) is 2.19. The number of aromatic amines is 1. The molecule has 18 heavy (non-hydrogen) atoms. The molecule has 0 saturated carbocycles. The molecule has 6 nitrogen and oxygen atoms in total. The zero-order valence-electron chi connectivity index (χ0n) is 10.9. The Kier molecular flexibility index (Phi) is 4.69. The van der Waals surface area contributed by atoms with Gasteiger partial charge in [-0.05, 0) is 44.8 Å². The summed E-state index contributed by atoms with van der Waals surface area (Å²) in [4.78, 5) is 17.8. The van der Waals surface area contributed by atoms with Crippen molar-refractivity contribution in [3.63, 3.8) is 0 Å². The predicted octanol–water partition coefficient (Wildman–Crippen LogP) is 0.656. The molecule has 0 unspecified atom stereocenters. The Morgan fingerprint density at radius 2 is 2.33 bits per heavy atom. The van der Waals surface area contributed by atoms with Gasteiger partial charge in [0.05, 0.1) is 0 Å². The van der Waals surface area contributed by atoms with Crippen LogP contribution in [0.2, 0.25) is 0 Å². The number of aromatic nitrogens is 3. The SMILES string of the molecule is CC1CCN(CCCNC(=O)c2ncn[nH]2)CC1. The molecule has 1 aromatic rings. The smallest absolute Gasteiger partial charge is 0.288 e. The van der Waals surface area contributed by atoms with Gasteiger partial charge in [0.25, 0.3) is 5.91 Å². The lowest BCUT2D eigenvalue weighted by Crippen LogP contribution is -2.35. The molecule has 100 valence electrons. The fourth-order valence-corrected chi connectivity index (χ4v) is 2.19. The number of nitrogens with one attached hydrogen (secondary N) is 2. The van der Waals surface area contributed by atoms with Crippen LogP contribution < -0.4 is 5.32 Å². The van der Waals surface area contributed by atoms with Crippen LogP contribution in [0.1, 0.15) is 36.8 Å². The number of hydrogen-bond donors (Lipinski definition) is 2. The van der Waals surface area contributed by atoms with Gasteiger partial charge in [0.1, 0.15) is 6.33 Å². The number of rotatable bonds is 5. The lowest BCUT2D eigenvalue weighted by molar-refractivity contribution is 0.0940. The van der Waals surface area contributed by atoms with Crippen LogP contribution in [0.25, 0.3) is 0 Å². The number of carbonyl (C=O) groups is 1. The van der Waals surface area contributed by atoms with Crippen molar-refractivity contribution in [2.75, 3.05) is 26.2 Å². The van der Waals surface area contributed by atoms with Crippen LogP contribution in [-0.2, 0) is 0 Å². The predicted molar refractivity (Wildman–Crippen MR) is 68.2 cm³/mol. The van der Waals surface area contributed by atoms with Gasteiger partial charge in [-0.15, -0.1) is 0 Å². The van der Waals surface area contributed by atoms with Gasteiger partial charge < -0.3 is 10.2 Å². The highest BCUT2D eigenvalue weighted by Gasteiger charge is 2.15. The summed E-state index contributed by atoms with van der Waals surface area (Å²) in [5.41, 5.74) is 0. The second-order valence-electron chi connectivity index (χ2n) is 4.97. The van der Waals surface area contributed by atoms with Crippen LogP contribution >= 0.6 is 0 Å². The maximum absolute atomic E-state index is 11.5. The van der Waals surface area contributed by atoms with E-state index in [0.717, 1.165) is 18.9 Å². The van der Waals surface area contributed by atoms with Crippen molar-refractivity contribution in [1.82, 2.24) is 25.4 Å². The Balaban J connectivity index is 1.57. The third-order valence-corrected chi connectivity index (χ3v) is 3.44. The summed E-state index contributed by atoms with van der Waals surface area (Å²) in [5, 5.41) is 9.03. The summed E-state index contributed by atoms with van der Waals surface area (Å²) in [5.74, 6) is 0.967. The quantitative estimate of drug-likeness (QED) is 0.754.